The molecule has 2 aromatic rings. The second kappa shape index (κ2) is 10.9. The Bertz CT molecular complexity index is 975. The first-order chi connectivity index (χ1) is 15.0. The maximum Gasteiger partial charge on any atom is 0.344 e. The van der Waals surface area contributed by atoms with Crippen molar-refractivity contribution in [2.75, 3.05) is 26.4 Å². The van der Waals surface area contributed by atoms with Crippen LogP contribution in [0.25, 0.3) is 6.08 Å². The van der Waals surface area contributed by atoms with Crippen LogP contribution in [0.4, 0.5) is 4.79 Å². The standard InChI is InChI=1S/C22H20ClNO6S/c1-2-28-20(25)14-30-18-7-3-15(4-8-18)13-19-21(26)24(22(27)31-19)11-12-29-17-9-5-16(23)6-10-17/h3-10,13H,2,11-12,14H2,1H3/b19-13-. The summed E-state index contributed by atoms with van der Waals surface area (Å²) in [5.74, 6) is 0.299. The van der Waals surface area contributed by atoms with Crippen molar-refractivity contribution in [2.45, 2.75) is 6.92 Å². The number of halogens is 1. The minimum atomic E-state index is -0.444. The van der Waals surface area contributed by atoms with Gasteiger partial charge in [0.1, 0.15) is 18.1 Å². The molecule has 31 heavy (non-hydrogen) atoms. The van der Waals surface area contributed by atoms with Crippen molar-refractivity contribution in [2.24, 2.45) is 0 Å². The smallest absolute Gasteiger partial charge is 0.344 e. The van der Waals surface area contributed by atoms with E-state index in [0.717, 1.165) is 22.2 Å². The van der Waals surface area contributed by atoms with E-state index in [-0.39, 0.29) is 30.9 Å². The van der Waals surface area contributed by atoms with Crippen LogP contribution in [-0.2, 0) is 14.3 Å². The lowest BCUT2D eigenvalue weighted by Gasteiger charge is -2.13. The van der Waals surface area contributed by atoms with E-state index in [1.54, 1.807) is 61.5 Å². The maximum absolute atomic E-state index is 12.6. The molecule has 1 aliphatic heterocycles. The lowest BCUT2D eigenvalue weighted by atomic mass is 10.2. The van der Waals surface area contributed by atoms with Gasteiger partial charge in [-0.2, -0.15) is 0 Å². The van der Waals surface area contributed by atoms with Gasteiger partial charge in [0.15, 0.2) is 6.61 Å². The lowest BCUT2D eigenvalue weighted by molar-refractivity contribution is -0.145. The molecule has 1 aliphatic rings. The highest BCUT2D eigenvalue weighted by atomic mass is 35.5. The van der Waals surface area contributed by atoms with E-state index in [1.165, 1.54) is 0 Å². The zero-order valence-corrected chi connectivity index (χ0v) is 18.3. The average Bonchev–Trinajstić information content (AvgIpc) is 3.02. The first kappa shape index (κ1) is 22.7. The van der Waals surface area contributed by atoms with Gasteiger partial charge in [-0.15, -0.1) is 0 Å². The molecule has 9 heteroatoms. The highest BCUT2D eigenvalue weighted by Gasteiger charge is 2.34. The van der Waals surface area contributed by atoms with Crippen LogP contribution in [0.5, 0.6) is 11.5 Å². The molecule has 1 heterocycles. The Morgan fingerprint density at radius 2 is 1.68 bits per heavy atom. The molecule has 2 amide bonds. The first-order valence-electron chi connectivity index (χ1n) is 9.48. The van der Waals surface area contributed by atoms with Gasteiger partial charge in [-0.3, -0.25) is 14.5 Å². The van der Waals surface area contributed by atoms with Gasteiger partial charge in [0.2, 0.25) is 0 Å². The van der Waals surface area contributed by atoms with E-state index < -0.39 is 5.97 Å². The van der Waals surface area contributed by atoms with Gasteiger partial charge < -0.3 is 14.2 Å². The summed E-state index contributed by atoms with van der Waals surface area (Å²) in [6.07, 6.45) is 1.64. The van der Waals surface area contributed by atoms with Crippen LogP contribution in [0.2, 0.25) is 5.02 Å². The Morgan fingerprint density at radius 3 is 2.35 bits per heavy atom. The Morgan fingerprint density at radius 1 is 1.03 bits per heavy atom. The van der Waals surface area contributed by atoms with Gasteiger partial charge in [0.25, 0.3) is 11.1 Å². The number of hydrogen-bond donors (Lipinski definition) is 0. The number of benzene rings is 2. The van der Waals surface area contributed by atoms with E-state index in [9.17, 15) is 14.4 Å². The number of thioether (sulfide) groups is 1. The third-order valence-corrected chi connectivity index (χ3v) is 5.27. The van der Waals surface area contributed by atoms with E-state index in [0.29, 0.717) is 28.0 Å². The molecule has 0 aromatic heterocycles. The Labute approximate surface area is 188 Å². The third-order valence-electron chi connectivity index (χ3n) is 4.11. The minimum absolute atomic E-state index is 0.144. The third kappa shape index (κ3) is 6.50. The molecule has 162 valence electrons. The molecule has 0 unspecified atom stereocenters. The Kier molecular flexibility index (Phi) is 7.97. The number of ether oxygens (including phenoxy) is 3. The molecule has 0 radical (unpaired) electrons. The Hall–Kier alpha value is -2.97. The van der Waals surface area contributed by atoms with Crippen LogP contribution in [0.3, 0.4) is 0 Å². The highest BCUT2D eigenvalue weighted by Crippen LogP contribution is 2.32. The molecule has 0 atom stereocenters. The van der Waals surface area contributed by atoms with Crippen molar-refractivity contribution in [3.05, 3.63) is 64.0 Å². The number of rotatable bonds is 9. The van der Waals surface area contributed by atoms with Crippen molar-refractivity contribution in [1.82, 2.24) is 4.90 Å². The number of amides is 2. The largest absolute Gasteiger partial charge is 0.492 e. The van der Waals surface area contributed by atoms with Crippen LogP contribution in [-0.4, -0.2) is 48.4 Å². The molecule has 3 rings (SSSR count). The fourth-order valence-corrected chi connectivity index (χ4v) is 3.63. The van der Waals surface area contributed by atoms with Crippen LogP contribution >= 0.6 is 23.4 Å². The van der Waals surface area contributed by atoms with Gasteiger partial charge in [-0.1, -0.05) is 23.7 Å². The normalized spacial score (nSPS) is 14.8. The fraction of sp³-hybridized carbons (Fsp3) is 0.227. The summed E-state index contributed by atoms with van der Waals surface area (Å²) in [5, 5.41) is 0.257. The van der Waals surface area contributed by atoms with Crippen LogP contribution in [0.15, 0.2) is 53.4 Å². The molecular weight excluding hydrogens is 442 g/mol. The summed E-state index contributed by atoms with van der Waals surface area (Å²) >= 11 is 6.71. The summed E-state index contributed by atoms with van der Waals surface area (Å²) < 4.78 is 15.7. The molecule has 0 aliphatic carbocycles. The van der Waals surface area contributed by atoms with Crippen molar-refractivity contribution in [3.63, 3.8) is 0 Å². The Balaban J connectivity index is 1.54. The number of carbonyl (C=O) groups excluding carboxylic acids is 3. The molecular formula is C22H20ClNO6S. The van der Waals surface area contributed by atoms with E-state index in [4.69, 9.17) is 25.8 Å². The average molecular weight is 462 g/mol. The number of carbonyl (C=O) groups is 3. The second-order valence-electron chi connectivity index (χ2n) is 6.30. The molecule has 0 bridgehead atoms. The van der Waals surface area contributed by atoms with Crippen LogP contribution in [0, 0.1) is 0 Å². The summed E-state index contributed by atoms with van der Waals surface area (Å²) in [6, 6.07) is 13.7. The summed E-state index contributed by atoms with van der Waals surface area (Å²) in [4.78, 5) is 37.6. The van der Waals surface area contributed by atoms with E-state index in [1.807, 2.05) is 0 Å². The van der Waals surface area contributed by atoms with Crippen LogP contribution < -0.4 is 9.47 Å². The zero-order chi connectivity index (χ0) is 22.2. The van der Waals surface area contributed by atoms with Crippen molar-refractivity contribution in [3.8, 4) is 11.5 Å². The van der Waals surface area contributed by atoms with Gasteiger partial charge in [0.05, 0.1) is 18.1 Å². The predicted octanol–water partition coefficient (Wildman–Crippen LogP) is 4.40. The highest BCUT2D eigenvalue weighted by molar-refractivity contribution is 8.18. The van der Waals surface area contributed by atoms with Gasteiger partial charge in [-0.05, 0) is 66.7 Å². The minimum Gasteiger partial charge on any atom is -0.492 e. The van der Waals surface area contributed by atoms with E-state index >= 15 is 0 Å². The van der Waals surface area contributed by atoms with E-state index in [2.05, 4.69) is 0 Å². The molecule has 1 saturated heterocycles. The summed E-state index contributed by atoms with van der Waals surface area (Å²) in [6.45, 7) is 2.17. The number of hydrogen-bond acceptors (Lipinski definition) is 7. The zero-order valence-electron chi connectivity index (χ0n) is 16.7. The van der Waals surface area contributed by atoms with Gasteiger partial charge in [0, 0.05) is 5.02 Å². The number of nitrogens with zero attached hydrogens (tertiary/aromatic N) is 1. The van der Waals surface area contributed by atoms with Gasteiger partial charge >= 0.3 is 5.97 Å². The predicted molar refractivity (Wildman–Crippen MR) is 118 cm³/mol. The fourth-order valence-electron chi connectivity index (χ4n) is 2.63. The molecule has 7 nitrogen and oxygen atoms in total. The van der Waals surface area contributed by atoms with Crippen molar-refractivity contribution < 1.29 is 28.6 Å². The van der Waals surface area contributed by atoms with Crippen molar-refractivity contribution in [1.29, 1.82) is 0 Å². The maximum atomic E-state index is 12.6. The quantitative estimate of drug-likeness (QED) is 0.404. The summed E-state index contributed by atoms with van der Waals surface area (Å²) in [7, 11) is 0. The SMILES string of the molecule is CCOC(=O)COc1ccc(/C=C2\SC(=O)N(CCOc3ccc(Cl)cc3)C2=O)cc1. The first-order valence-corrected chi connectivity index (χ1v) is 10.7. The monoisotopic (exact) mass is 461 g/mol. The summed E-state index contributed by atoms with van der Waals surface area (Å²) in [5.41, 5.74) is 0.728. The molecule has 0 saturated carbocycles. The number of imide groups is 1. The molecule has 2 aromatic carbocycles. The molecule has 0 N–H and O–H groups in total. The second-order valence-corrected chi connectivity index (χ2v) is 7.73. The molecule has 0 spiro atoms. The topological polar surface area (TPSA) is 82.1 Å². The number of esters is 1. The van der Waals surface area contributed by atoms with Crippen molar-refractivity contribution >= 4 is 46.6 Å². The lowest BCUT2D eigenvalue weighted by Crippen LogP contribution is -2.32. The van der Waals surface area contributed by atoms with Crippen LogP contribution in [0.1, 0.15) is 12.5 Å². The van der Waals surface area contributed by atoms with Gasteiger partial charge in [-0.25, -0.2) is 4.79 Å². The molecule has 1 fully saturated rings.